The lowest BCUT2D eigenvalue weighted by Crippen LogP contribution is -2.38. The average Bonchev–Trinajstić information content (AvgIpc) is 2.02. The van der Waals surface area contributed by atoms with E-state index in [-0.39, 0.29) is 5.78 Å². The van der Waals surface area contributed by atoms with Gasteiger partial charge in [-0.15, -0.1) is 0 Å². The lowest BCUT2D eigenvalue weighted by molar-refractivity contribution is -0.118. The van der Waals surface area contributed by atoms with Crippen LogP contribution in [0.4, 0.5) is 4.79 Å². The molecule has 0 spiro atoms. The van der Waals surface area contributed by atoms with E-state index in [2.05, 4.69) is 5.32 Å². The van der Waals surface area contributed by atoms with Crippen LogP contribution >= 0.6 is 0 Å². The number of rotatable bonds is 5. The molecular formula is C9H18N2O3. The topological polar surface area (TPSA) is 58.6 Å². The van der Waals surface area contributed by atoms with Crippen LogP contribution in [0.15, 0.2) is 0 Å². The lowest BCUT2D eigenvalue weighted by Gasteiger charge is -2.12. The molecule has 0 radical (unpaired) electrons. The van der Waals surface area contributed by atoms with E-state index in [0.29, 0.717) is 13.2 Å². The second-order valence-electron chi connectivity index (χ2n) is 3.42. The first-order valence-electron chi connectivity index (χ1n) is 4.52. The van der Waals surface area contributed by atoms with E-state index in [9.17, 15) is 9.59 Å². The molecule has 0 saturated carbocycles. The number of amides is 1. The van der Waals surface area contributed by atoms with Crippen molar-refractivity contribution in [3.8, 4) is 0 Å². The molecule has 0 saturated heterocycles. The van der Waals surface area contributed by atoms with Crippen LogP contribution in [0.2, 0.25) is 0 Å². The number of carbonyl (C=O) groups is 2. The normalized spacial score (nSPS) is 12.4. The molecule has 0 heterocycles. The number of alkyl carbamates (subject to hydrolysis) is 1. The Bertz CT molecular complexity index is 204. The molecule has 0 aromatic heterocycles. The molecule has 1 unspecified atom stereocenters. The molecular weight excluding hydrogens is 184 g/mol. The smallest absolute Gasteiger partial charge is 0.407 e. The van der Waals surface area contributed by atoms with Gasteiger partial charge >= 0.3 is 6.09 Å². The van der Waals surface area contributed by atoms with Gasteiger partial charge in [0.25, 0.3) is 0 Å². The van der Waals surface area contributed by atoms with Gasteiger partial charge in [0, 0.05) is 6.54 Å². The largest absolute Gasteiger partial charge is 0.448 e. The number of nitrogens with one attached hydrogen (secondary N) is 1. The van der Waals surface area contributed by atoms with Crippen molar-refractivity contribution in [2.45, 2.75) is 19.9 Å². The van der Waals surface area contributed by atoms with Gasteiger partial charge in [0.2, 0.25) is 0 Å². The second-order valence-corrected chi connectivity index (χ2v) is 3.42. The zero-order valence-corrected chi connectivity index (χ0v) is 9.16. The van der Waals surface area contributed by atoms with Gasteiger partial charge in [-0.1, -0.05) is 0 Å². The van der Waals surface area contributed by atoms with Crippen molar-refractivity contribution in [1.82, 2.24) is 10.2 Å². The maximum Gasteiger partial charge on any atom is 0.407 e. The van der Waals surface area contributed by atoms with Gasteiger partial charge in [0.05, 0.1) is 6.04 Å². The zero-order valence-electron chi connectivity index (χ0n) is 9.16. The van der Waals surface area contributed by atoms with Gasteiger partial charge in [-0.3, -0.25) is 4.79 Å². The van der Waals surface area contributed by atoms with Crippen LogP contribution in [0.1, 0.15) is 13.8 Å². The molecule has 1 atom stereocenters. The monoisotopic (exact) mass is 202 g/mol. The Morgan fingerprint density at radius 2 is 2.00 bits per heavy atom. The van der Waals surface area contributed by atoms with Crippen molar-refractivity contribution >= 4 is 11.9 Å². The first-order chi connectivity index (χ1) is 6.43. The number of hydrogen-bond acceptors (Lipinski definition) is 4. The summed E-state index contributed by atoms with van der Waals surface area (Å²) in [5.41, 5.74) is 0. The molecule has 14 heavy (non-hydrogen) atoms. The lowest BCUT2D eigenvalue weighted by atomic mass is 10.2. The van der Waals surface area contributed by atoms with Gasteiger partial charge in [0.15, 0.2) is 5.78 Å². The Morgan fingerprint density at radius 3 is 2.43 bits per heavy atom. The van der Waals surface area contributed by atoms with E-state index >= 15 is 0 Å². The molecule has 0 aliphatic heterocycles. The van der Waals surface area contributed by atoms with Crippen LogP contribution in [0.3, 0.4) is 0 Å². The Kier molecular flexibility index (Phi) is 5.87. The fourth-order valence-corrected chi connectivity index (χ4v) is 0.641. The molecule has 0 aromatic rings. The number of carbonyl (C=O) groups excluding carboxylic acids is 2. The van der Waals surface area contributed by atoms with Crippen molar-refractivity contribution in [2.24, 2.45) is 0 Å². The predicted molar refractivity (Wildman–Crippen MR) is 53.2 cm³/mol. The molecule has 0 aliphatic rings. The fourth-order valence-electron chi connectivity index (χ4n) is 0.641. The van der Waals surface area contributed by atoms with Crippen LogP contribution in [-0.4, -0.2) is 50.1 Å². The van der Waals surface area contributed by atoms with Crippen LogP contribution < -0.4 is 5.32 Å². The number of ketones is 1. The molecule has 0 bridgehead atoms. The molecule has 0 aromatic carbocycles. The SMILES string of the molecule is CC(=O)C(C)NC(=O)OCCN(C)C. The molecule has 0 aliphatic carbocycles. The first-order valence-corrected chi connectivity index (χ1v) is 4.52. The summed E-state index contributed by atoms with van der Waals surface area (Å²) in [6, 6.07) is -0.484. The number of likely N-dealkylation sites (N-methyl/N-ethyl adjacent to an activating group) is 1. The summed E-state index contributed by atoms with van der Waals surface area (Å²) in [6.45, 7) is 4.03. The highest BCUT2D eigenvalue weighted by atomic mass is 16.5. The third-order valence-electron chi connectivity index (χ3n) is 1.72. The summed E-state index contributed by atoms with van der Waals surface area (Å²) in [4.78, 5) is 23.7. The standard InChI is InChI=1S/C9H18N2O3/c1-7(8(2)12)10-9(13)14-6-5-11(3)4/h7H,5-6H2,1-4H3,(H,10,13). The summed E-state index contributed by atoms with van der Waals surface area (Å²) >= 11 is 0. The average molecular weight is 202 g/mol. The highest BCUT2D eigenvalue weighted by Crippen LogP contribution is 1.86. The Hall–Kier alpha value is -1.10. The van der Waals surface area contributed by atoms with Gasteiger partial charge in [-0.2, -0.15) is 0 Å². The van der Waals surface area contributed by atoms with E-state index in [1.807, 2.05) is 19.0 Å². The third-order valence-corrected chi connectivity index (χ3v) is 1.72. The summed E-state index contributed by atoms with van der Waals surface area (Å²) in [5.74, 6) is -0.0884. The minimum absolute atomic E-state index is 0.0884. The molecule has 1 N–H and O–H groups in total. The summed E-state index contributed by atoms with van der Waals surface area (Å²) in [7, 11) is 3.78. The number of nitrogens with zero attached hydrogens (tertiary/aromatic N) is 1. The van der Waals surface area contributed by atoms with E-state index in [1.54, 1.807) is 6.92 Å². The minimum Gasteiger partial charge on any atom is -0.448 e. The van der Waals surface area contributed by atoms with Crippen LogP contribution in [0.25, 0.3) is 0 Å². The maximum absolute atomic E-state index is 11.0. The van der Waals surface area contributed by atoms with E-state index in [4.69, 9.17) is 4.74 Å². The van der Waals surface area contributed by atoms with Gasteiger partial charge in [0.1, 0.15) is 6.61 Å². The second kappa shape index (κ2) is 6.37. The van der Waals surface area contributed by atoms with Gasteiger partial charge < -0.3 is 15.0 Å². The third kappa shape index (κ3) is 6.42. The molecule has 0 rings (SSSR count). The van der Waals surface area contributed by atoms with Gasteiger partial charge in [-0.25, -0.2) is 4.79 Å². The zero-order chi connectivity index (χ0) is 11.1. The Labute approximate surface area is 84.4 Å². The molecule has 82 valence electrons. The fraction of sp³-hybridized carbons (Fsp3) is 0.778. The van der Waals surface area contributed by atoms with Crippen molar-refractivity contribution < 1.29 is 14.3 Å². The Balaban J connectivity index is 3.60. The quantitative estimate of drug-likeness (QED) is 0.694. The molecule has 5 heteroatoms. The van der Waals surface area contributed by atoms with Crippen molar-refractivity contribution in [3.63, 3.8) is 0 Å². The predicted octanol–water partition coefficient (Wildman–Crippen LogP) is 0.252. The van der Waals surface area contributed by atoms with Crippen LogP contribution in [-0.2, 0) is 9.53 Å². The van der Waals surface area contributed by atoms with Gasteiger partial charge in [-0.05, 0) is 27.9 Å². The van der Waals surface area contributed by atoms with Crippen molar-refractivity contribution in [1.29, 1.82) is 0 Å². The summed E-state index contributed by atoms with van der Waals surface area (Å²) in [5, 5.41) is 2.42. The maximum atomic E-state index is 11.0. The van der Waals surface area contributed by atoms with E-state index in [0.717, 1.165) is 0 Å². The van der Waals surface area contributed by atoms with Crippen LogP contribution in [0.5, 0.6) is 0 Å². The molecule has 1 amide bonds. The molecule has 0 fully saturated rings. The highest BCUT2D eigenvalue weighted by molar-refractivity contribution is 5.84. The van der Waals surface area contributed by atoms with E-state index in [1.165, 1.54) is 6.92 Å². The first kappa shape index (κ1) is 12.9. The van der Waals surface area contributed by atoms with E-state index < -0.39 is 12.1 Å². The number of hydrogen-bond donors (Lipinski definition) is 1. The van der Waals surface area contributed by atoms with Crippen LogP contribution in [0, 0.1) is 0 Å². The van der Waals surface area contributed by atoms with Crippen molar-refractivity contribution in [2.75, 3.05) is 27.2 Å². The number of ether oxygens (including phenoxy) is 1. The minimum atomic E-state index is -0.547. The molecule has 5 nitrogen and oxygen atoms in total. The summed E-state index contributed by atoms with van der Waals surface area (Å²) < 4.78 is 4.83. The highest BCUT2D eigenvalue weighted by Gasteiger charge is 2.11. The number of Topliss-reactive ketones (excluding diaryl/α,β-unsaturated/α-hetero) is 1. The van der Waals surface area contributed by atoms with Crippen molar-refractivity contribution in [3.05, 3.63) is 0 Å². The Morgan fingerprint density at radius 1 is 1.43 bits per heavy atom. The summed E-state index contributed by atoms with van der Waals surface area (Å²) in [6.07, 6.45) is -0.547.